The Kier molecular flexibility index (Phi) is 4.25. The monoisotopic (exact) mass is 260 g/mol. The van der Waals surface area contributed by atoms with Gasteiger partial charge in [-0.25, -0.2) is 10.5 Å². The van der Waals surface area contributed by atoms with Gasteiger partial charge in [-0.15, -0.1) is 0 Å². The molecule has 100 valence electrons. The van der Waals surface area contributed by atoms with Gasteiger partial charge in [0.25, 0.3) is 5.56 Å². The Morgan fingerprint density at radius 3 is 2.89 bits per heavy atom. The third-order valence-electron chi connectivity index (χ3n) is 2.95. The summed E-state index contributed by atoms with van der Waals surface area (Å²) in [6, 6.07) is 7.36. The number of hydrazine groups is 1. The van der Waals surface area contributed by atoms with Crippen LogP contribution in [0.15, 0.2) is 35.3 Å². The van der Waals surface area contributed by atoms with E-state index in [2.05, 4.69) is 10.5 Å². The molecule has 0 saturated carbocycles. The topological polar surface area (TPSA) is 90.0 Å². The van der Waals surface area contributed by atoms with Crippen LogP contribution in [0.2, 0.25) is 0 Å². The molecular weight excluding hydrogens is 244 g/mol. The number of carbonyl (C=O) groups is 1. The van der Waals surface area contributed by atoms with E-state index in [9.17, 15) is 9.59 Å². The van der Waals surface area contributed by atoms with Crippen LogP contribution >= 0.6 is 0 Å². The van der Waals surface area contributed by atoms with Gasteiger partial charge in [0.05, 0.1) is 11.6 Å². The van der Waals surface area contributed by atoms with Crippen LogP contribution in [0.4, 0.5) is 0 Å². The van der Waals surface area contributed by atoms with E-state index >= 15 is 0 Å². The number of nitrogens with one attached hydrogen (secondary N) is 1. The second kappa shape index (κ2) is 6.10. The molecule has 1 aromatic heterocycles. The molecule has 19 heavy (non-hydrogen) atoms. The number of rotatable bonds is 5. The Morgan fingerprint density at radius 1 is 1.32 bits per heavy atom. The third kappa shape index (κ3) is 3.17. The predicted molar refractivity (Wildman–Crippen MR) is 72.2 cm³/mol. The highest BCUT2D eigenvalue weighted by molar-refractivity contribution is 5.80. The maximum Gasteiger partial charge on any atom is 0.274 e. The zero-order valence-corrected chi connectivity index (χ0v) is 10.5. The normalized spacial score (nSPS) is 10.6. The zero-order chi connectivity index (χ0) is 13.7. The highest BCUT2D eigenvalue weighted by Crippen LogP contribution is 2.06. The van der Waals surface area contributed by atoms with E-state index in [0.717, 1.165) is 5.39 Å². The average Bonchev–Trinajstić information content (AvgIpc) is 2.45. The first-order valence-corrected chi connectivity index (χ1v) is 6.16. The van der Waals surface area contributed by atoms with Crippen molar-refractivity contribution in [3.05, 3.63) is 40.8 Å². The van der Waals surface area contributed by atoms with Gasteiger partial charge in [0.2, 0.25) is 5.91 Å². The first kappa shape index (κ1) is 13.2. The number of carbonyl (C=O) groups excluding carboxylic acids is 1. The minimum absolute atomic E-state index is 0.0959. The molecule has 0 bridgehead atoms. The van der Waals surface area contributed by atoms with Gasteiger partial charge in [-0.1, -0.05) is 18.2 Å². The molecule has 6 nitrogen and oxygen atoms in total. The number of nitrogens with zero attached hydrogens (tertiary/aromatic N) is 2. The molecule has 0 unspecified atom stereocenters. The van der Waals surface area contributed by atoms with Gasteiger partial charge in [-0.2, -0.15) is 5.10 Å². The summed E-state index contributed by atoms with van der Waals surface area (Å²) >= 11 is 0. The number of fused-ring (bicyclic) bond motifs is 1. The summed E-state index contributed by atoms with van der Waals surface area (Å²) in [6.45, 7) is 0.502. The molecule has 0 spiro atoms. The second-order valence-electron chi connectivity index (χ2n) is 4.28. The lowest BCUT2D eigenvalue weighted by Gasteiger charge is -2.05. The number of aromatic nitrogens is 2. The van der Waals surface area contributed by atoms with Crippen molar-refractivity contribution < 1.29 is 4.79 Å². The highest BCUT2D eigenvalue weighted by Gasteiger charge is 2.04. The van der Waals surface area contributed by atoms with Crippen LogP contribution in [0, 0.1) is 0 Å². The van der Waals surface area contributed by atoms with Gasteiger partial charge in [0, 0.05) is 18.4 Å². The van der Waals surface area contributed by atoms with Crippen LogP contribution in [0.25, 0.3) is 10.8 Å². The van der Waals surface area contributed by atoms with E-state index in [1.165, 1.54) is 4.68 Å². The SMILES string of the molecule is NNC(=O)CCCCn1ncc2ccccc2c1=O. The summed E-state index contributed by atoms with van der Waals surface area (Å²) < 4.78 is 1.43. The van der Waals surface area contributed by atoms with E-state index < -0.39 is 0 Å². The minimum atomic E-state index is -0.196. The third-order valence-corrected chi connectivity index (χ3v) is 2.95. The summed E-state index contributed by atoms with van der Waals surface area (Å²) in [5, 5.41) is 5.63. The maximum atomic E-state index is 12.1. The van der Waals surface area contributed by atoms with Gasteiger partial charge >= 0.3 is 0 Å². The fourth-order valence-electron chi connectivity index (χ4n) is 1.91. The number of aryl methyl sites for hydroxylation is 1. The average molecular weight is 260 g/mol. The molecule has 0 aliphatic heterocycles. The van der Waals surface area contributed by atoms with Crippen LogP contribution in [-0.2, 0) is 11.3 Å². The minimum Gasteiger partial charge on any atom is -0.294 e. The Hall–Kier alpha value is -2.21. The van der Waals surface area contributed by atoms with Crippen LogP contribution < -0.4 is 16.8 Å². The molecular formula is C13H16N4O2. The smallest absolute Gasteiger partial charge is 0.274 e. The van der Waals surface area contributed by atoms with E-state index in [1.54, 1.807) is 12.3 Å². The Balaban J connectivity index is 2.03. The standard InChI is InChI=1S/C13H16N4O2/c14-16-12(18)7-3-4-8-17-13(19)11-6-2-1-5-10(11)9-15-17/h1-2,5-6,9H,3-4,7-8,14H2,(H,16,18). The molecule has 0 fully saturated rings. The van der Waals surface area contributed by atoms with Gasteiger partial charge in [-0.3, -0.25) is 15.0 Å². The van der Waals surface area contributed by atoms with Crippen LogP contribution in [0.3, 0.4) is 0 Å². The highest BCUT2D eigenvalue weighted by atomic mass is 16.2. The van der Waals surface area contributed by atoms with Crippen molar-refractivity contribution in [1.29, 1.82) is 0 Å². The van der Waals surface area contributed by atoms with Crippen molar-refractivity contribution in [2.75, 3.05) is 0 Å². The lowest BCUT2D eigenvalue weighted by atomic mass is 10.2. The molecule has 0 atom stereocenters. The molecule has 6 heteroatoms. The number of unbranched alkanes of at least 4 members (excludes halogenated alkanes) is 1. The molecule has 3 N–H and O–H groups in total. The number of hydrogen-bond acceptors (Lipinski definition) is 4. The lowest BCUT2D eigenvalue weighted by molar-refractivity contribution is -0.121. The van der Waals surface area contributed by atoms with Crippen molar-refractivity contribution >= 4 is 16.7 Å². The Labute approximate surface area is 110 Å². The zero-order valence-electron chi connectivity index (χ0n) is 10.5. The Bertz CT molecular complexity index is 636. The van der Waals surface area contributed by atoms with Crippen molar-refractivity contribution in [3.8, 4) is 0 Å². The van der Waals surface area contributed by atoms with Crippen molar-refractivity contribution in [2.24, 2.45) is 5.84 Å². The molecule has 1 amide bonds. The van der Waals surface area contributed by atoms with Crippen molar-refractivity contribution in [2.45, 2.75) is 25.8 Å². The molecule has 2 rings (SSSR count). The Morgan fingerprint density at radius 2 is 2.11 bits per heavy atom. The first-order valence-electron chi connectivity index (χ1n) is 6.16. The largest absolute Gasteiger partial charge is 0.294 e. The molecule has 0 radical (unpaired) electrons. The second-order valence-corrected chi connectivity index (χ2v) is 4.28. The number of nitrogens with two attached hydrogens (primary N) is 1. The quantitative estimate of drug-likeness (QED) is 0.355. The van der Waals surface area contributed by atoms with Crippen LogP contribution in [-0.4, -0.2) is 15.7 Å². The van der Waals surface area contributed by atoms with E-state index in [-0.39, 0.29) is 11.5 Å². The van der Waals surface area contributed by atoms with Gasteiger partial charge in [0.15, 0.2) is 0 Å². The maximum absolute atomic E-state index is 12.1. The summed E-state index contributed by atoms with van der Waals surface area (Å²) in [5.41, 5.74) is 1.98. The molecule has 0 aliphatic carbocycles. The molecule has 1 aromatic carbocycles. The fourth-order valence-corrected chi connectivity index (χ4v) is 1.91. The van der Waals surface area contributed by atoms with Gasteiger partial charge in [-0.05, 0) is 18.9 Å². The van der Waals surface area contributed by atoms with E-state index in [0.29, 0.717) is 31.2 Å². The van der Waals surface area contributed by atoms with Crippen molar-refractivity contribution in [3.63, 3.8) is 0 Å². The number of hydrogen-bond donors (Lipinski definition) is 2. The summed E-state index contributed by atoms with van der Waals surface area (Å²) in [7, 11) is 0. The van der Waals surface area contributed by atoms with Crippen molar-refractivity contribution in [1.82, 2.24) is 15.2 Å². The number of amides is 1. The van der Waals surface area contributed by atoms with Crippen LogP contribution in [0.5, 0.6) is 0 Å². The summed E-state index contributed by atoms with van der Waals surface area (Å²) in [4.78, 5) is 23.1. The first-order chi connectivity index (χ1) is 9.22. The van der Waals surface area contributed by atoms with Gasteiger partial charge < -0.3 is 0 Å². The molecule has 0 saturated heterocycles. The summed E-state index contributed by atoms with van der Waals surface area (Å²) in [6.07, 6.45) is 3.42. The predicted octanol–water partition coefficient (Wildman–Crippen LogP) is 0.557. The van der Waals surface area contributed by atoms with E-state index in [1.807, 2.05) is 18.2 Å². The molecule has 0 aliphatic rings. The lowest BCUT2D eigenvalue weighted by Crippen LogP contribution is -2.29. The summed E-state index contributed by atoms with van der Waals surface area (Å²) in [5.74, 6) is 4.79. The van der Waals surface area contributed by atoms with Gasteiger partial charge in [0.1, 0.15) is 0 Å². The number of benzene rings is 1. The molecule has 1 heterocycles. The fraction of sp³-hybridized carbons (Fsp3) is 0.308. The van der Waals surface area contributed by atoms with E-state index in [4.69, 9.17) is 5.84 Å². The van der Waals surface area contributed by atoms with Crippen LogP contribution in [0.1, 0.15) is 19.3 Å². The molecule has 2 aromatic rings.